The minimum atomic E-state index is -3.64. The molecule has 2 aromatic carbocycles. The van der Waals surface area contributed by atoms with Gasteiger partial charge in [0, 0.05) is 37.3 Å². The highest BCUT2D eigenvalue weighted by molar-refractivity contribution is 7.89. The van der Waals surface area contributed by atoms with Gasteiger partial charge in [-0.05, 0) is 55.7 Å². The van der Waals surface area contributed by atoms with E-state index in [1.165, 1.54) is 32.3 Å². The average molecular weight is 459 g/mol. The Balaban J connectivity index is 1.80. The number of carbonyl (C=O) groups excluding carboxylic acids is 1. The third kappa shape index (κ3) is 4.84. The number of rotatable bonds is 7. The van der Waals surface area contributed by atoms with E-state index >= 15 is 0 Å². The summed E-state index contributed by atoms with van der Waals surface area (Å²) >= 11 is 0. The van der Waals surface area contributed by atoms with Crippen LogP contribution in [0.3, 0.4) is 0 Å². The quantitative estimate of drug-likeness (QED) is 0.545. The minimum absolute atomic E-state index is 0.0771. The highest BCUT2D eigenvalue weighted by Crippen LogP contribution is 2.25. The lowest BCUT2D eigenvalue weighted by Crippen LogP contribution is -2.30. The molecule has 0 radical (unpaired) electrons. The Morgan fingerprint density at radius 2 is 1.88 bits per heavy atom. The van der Waals surface area contributed by atoms with Crippen molar-refractivity contribution in [1.29, 1.82) is 0 Å². The molecule has 0 saturated carbocycles. The molecule has 1 unspecified atom stereocenters. The van der Waals surface area contributed by atoms with Gasteiger partial charge in [0.25, 0.3) is 5.91 Å². The van der Waals surface area contributed by atoms with Crippen molar-refractivity contribution >= 4 is 32.6 Å². The molecule has 1 N–H and O–H groups in total. The number of nitrogens with zero attached hydrogens (tertiary/aromatic N) is 1. The Kier molecular flexibility index (Phi) is 6.71. The van der Waals surface area contributed by atoms with E-state index in [1.807, 2.05) is 6.92 Å². The lowest BCUT2D eigenvalue weighted by molar-refractivity contribution is -0.122. The van der Waals surface area contributed by atoms with E-state index in [-0.39, 0.29) is 4.90 Å². The summed E-state index contributed by atoms with van der Waals surface area (Å²) in [6.45, 7) is 5.30. The Labute approximate surface area is 186 Å². The van der Waals surface area contributed by atoms with Crippen molar-refractivity contribution in [3.05, 3.63) is 64.0 Å². The third-order valence-corrected chi connectivity index (χ3v) is 6.92. The van der Waals surface area contributed by atoms with Crippen LogP contribution in [0.2, 0.25) is 0 Å². The lowest BCUT2D eigenvalue weighted by atomic mass is 10.1. The lowest BCUT2D eigenvalue weighted by Gasteiger charge is -2.17. The van der Waals surface area contributed by atoms with Crippen LogP contribution in [-0.4, -0.2) is 38.8 Å². The summed E-state index contributed by atoms with van der Waals surface area (Å²) in [7, 11) is -0.750. The number of hydrogen-bond acceptors (Lipinski definition) is 6. The van der Waals surface area contributed by atoms with Crippen molar-refractivity contribution in [1.82, 2.24) is 4.31 Å². The van der Waals surface area contributed by atoms with Crippen LogP contribution in [0.5, 0.6) is 5.75 Å². The van der Waals surface area contributed by atoms with Crippen molar-refractivity contribution in [3.63, 3.8) is 0 Å². The Morgan fingerprint density at radius 1 is 1.16 bits per heavy atom. The van der Waals surface area contributed by atoms with E-state index < -0.39 is 27.7 Å². The topological polar surface area (TPSA) is 106 Å². The number of amides is 1. The van der Waals surface area contributed by atoms with Crippen LogP contribution in [0.1, 0.15) is 25.0 Å². The van der Waals surface area contributed by atoms with Gasteiger partial charge < -0.3 is 14.5 Å². The van der Waals surface area contributed by atoms with Crippen molar-refractivity contribution < 1.29 is 22.4 Å². The highest BCUT2D eigenvalue weighted by atomic mass is 32.2. The van der Waals surface area contributed by atoms with E-state index in [4.69, 9.17) is 9.15 Å². The first-order valence-corrected chi connectivity index (χ1v) is 11.5. The maximum atomic E-state index is 12.7. The number of anilines is 1. The normalized spacial score (nSPS) is 12.7. The van der Waals surface area contributed by atoms with Gasteiger partial charge in [-0.1, -0.05) is 13.0 Å². The van der Waals surface area contributed by atoms with Gasteiger partial charge in [0.05, 0.1) is 4.90 Å². The van der Waals surface area contributed by atoms with Crippen molar-refractivity contribution in [2.45, 2.75) is 38.2 Å². The van der Waals surface area contributed by atoms with Crippen LogP contribution in [0.4, 0.5) is 5.69 Å². The molecule has 0 bridgehead atoms. The van der Waals surface area contributed by atoms with E-state index in [9.17, 15) is 18.0 Å². The molecule has 32 heavy (non-hydrogen) atoms. The number of benzene rings is 2. The summed E-state index contributed by atoms with van der Waals surface area (Å²) in [5.74, 6) is -0.0754. The summed E-state index contributed by atoms with van der Waals surface area (Å²) in [5.41, 5.74) is 1.90. The zero-order chi connectivity index (χ0) is 23.6. The first-order chi connectivity index (χ1) is 15.0. The zero-order valence-corrected chi connectivity index (χ0v) is 19.4. The van der Waals surface area contributed by atoms with Crippen LogP contribution in [0, 0.1) is 6.92 Å². The predicted molar refractivity (Wildman–Crippen MR) is 123 cm³/mol. The standard InChI is InChI=1S/C23H26N2O6S/c1-6-16-11-22(26)31-21-12-17(8-10-19(16)21)30-15(3)23(27)24-20-13-18(9-7-14(20)2)32(28,29)25(4)5/h7-13,15H,6H2,1-5H3,(H,24,27). The molecule has 170 valence electrons. The van der Waals surface area contributed by atoms with E-state index in [2.05, 4.69) is 5.32 Å². The molecule has 9 heteroatoms. The van der Waals surface area contributed by atoms with Crippen LogP contribution >= 0.6 is 0 Å². The average Bonchev–Trinajstić information content (AvgIpc) is 2.73. The highest BCUT2D eigenvalue weighted by Gasteiger charge is 2.21. The maximum absolute atomic E-state index is 12.7. The molecule has 0 spiro atoms. The summed E-state index contributed by atoms with van der Waals surface area (Å²) in [6.07, 6.45) is -0.203. The molecule has 1 atom stereocenters. The molecule has 3 rings (SSSR count). The fourth-order valence-electron chi connectivity index (χ4n) is 3.18. The molecule has 0 fully saturated rings. The molecule has 0 aliphatic heterocycles. The molecular formula is C23H26N2O6S. The van der Waals surface area contributed by atoms with Gasteiger partial charge >= 0.3 is 5.63 Å². The van der Waals surface area contributed by atoms with Gasteiger partial charge in [-0.15, -0.1) is 0 Å². The summed E-state index contributed by atoms with van der Waals surface area (Å²) in [4.78, 5) is 24.6. The second kappa shape index (κ2) is 9.13. The van der Waals surface area contributed by atoms with Crippen LogP contribution in [0.15, 0.2) is 56.6 Å². The van der Waals surface area contributed by atoms with E-state index in [0.717, 1.165) is 15.3 Å². The van der Waals surface area contributed by atoms with E-state index in [0.29, 0.717) is 29.0 Å². The fourth-order valence-corrected chi connectivity index (χ4v) is 4.10. The number of fused-ring (bicyclic) bond motifs is 1. The summed E-state index contributed by atoms with van der Waals surface area (Å²) < 4.78 is 36.9. The smallest absolute Gasteiger partial charge is 0.336 e. The number of carbonyl (C=O) groups is 1. The molecule has 8 nitrogen and oxygen atoms in total. The van der Waals surface area contributed by atoms with Gasteiger partial charge in [-0.2, -0.15) is 0 Å². The summed E-state index contributed by atoms with van der Waals surface area (Å²) in [6, 6.07) is 11.1. The first-order valence-electron chi connectivity index (χ1n) is 10.1. The number of nitrogens with one attached hydrogen (secondary N) is 1. The van der Waals surface area contributed by atoms with Gasteiger partial charge in [0.2, 0.25) is 10.0 Å². The van der Waals surface area contributed by atoms with Gasteiger partial charge in [-0.3, -0.25) is 4.79 Å². The van der Waals surface area contributed by atoms with Gasteiger partial charge in [-0.25, -0.2) is 17.5 Å². The monoisotopic (exact) mass is 458 g/mol. The maximum Gasteiger partial charge on any atom is 0.336 e. The molecule has 1 aromatic heterocycles. The molecule has 1 heterocycles. The summed E-state index contributed by atoms with van der Waals surface area (Å²) in [5, 5.41) is 3.54. The second-order valence-electron chi connectivity index (χ2n) is 7.62. The van der Waals surface area contributed by atoms with Gasteiger partial charge in [0.1, 0.15) is 11.3 Å². The minimum Gasteiger partial charge on any atom is -0.481 e. The predicted octanol–water partition coefficient (Wildman–Crippen LogP) is 3.32. The third-order valence-electron chi connectivity index (χ3n) is 5.11. The molecule has 1 amide bonds. The van der Waals surface area contributed by atoms with Gasteiger partial charge in [0.15, 0.2) is 6.10 Å². The zero-order valence-electron chi connectivity index (χ0n) is 18.6. The number of sulfonamides is 1. The molecule has 0 aliphatic rings. The van der Waals surface area contributed by atoms with Crippen molar-refractivity contribution in [2.75, 3.05) is 19.4 Å². The molecule has 0 aliphatic carbocycles. The molecule has 0 saturated heterocycles. The van der Waals surface area contributed by atoms with Crippen LogP contribution < -0.4 is 15.7 Å². The Hall–Kier alpha value is -3.17. The second-order valence-corrected chi connectivity index (χ2v) is 9.77. The largest absolute Gasteiger partial charge is 0.481 e. The van der Waals surface area contributed by atoms with E-state index in [1.54, 1.807) is 38.1 Å². The first kappa shape index (κ1) is 23.5. The number of hydrogen-bond donors (Lipinski definition) is 1. The Bertz CT molecular complexity index is 1330. The van der Waals surface area contributed by atoms with Crippen molar-refractivity contribution in [3.8, 4) is 5.75 Å². The Morgan fingerprint density at radius 3 is 2.53 bits per heavy atom. The van der Waals surface area contributed by atoms with Crippen LogP contribution in [-0.2, 0) is 21.2 Å². The number of aryl methyl sites for hydroxylation is 2. The SMILES string of the molecule is CCc1cc(=O)oc2cc(OC(C)C(=O)Nc3cc(S(=O)(=O)N(C)C)ccc3C)ccc12. The molecule has 3 aromatic rings. The fraction of sp³-hybridized carbons (Fsp3) is 0.304. The number of ether oxygens (including phenoxy) is 1. The molecular weight excluding hydrogens is 432 g/mol. The van der Waals surface area contributed by atoms with Crippen LogP contribution in [0.25, 0.3) is 11.0 Å². The van der Waals surface area contributed by atoms with Crippen molar-refractivity contribution in [2.24, 2.45) is 0 Å².